The summed E-state index contributed by atoms with van der Waals surface area (Å²) in [5, 5.41) is 24.4. The molecule has 2 N–H and O–H groups in total. The molecule has 6 aromatic rings. The maximum atomic E-state index is 11.5. The van der Waals surface area contributed by atoms with Crippen LogP contribution in [0.5, 0.6) is 11.5 Å². The minimum Gasteiger partial charge on any atom is -0.507 e. The number of phenolic OH excluding ortho intramolecular Hbond substituents is 2. The maximum Gasteiger partial charge on any atom is 0.126 e. The van der Waals surface area contributed by atoms with Crippen LogP contribution in [-0.2, 0) is 21.1 Å². The fourth-order valence-corrected chi connectivity index (χ4v) is 7.12. The number of aliphatic imine (C=N–C) groups is 1. The molecule has 0 fully saturated rings. The molecule has 1 heterocycles. The van der Waals surface area contributed by atoms with Gasteiger partial charge in [0.05, 0.1) is 23.3 Å². The van der Waals surface area contributed by atoms with Gasteiger partial charge in [-0.2, -0.15) is 0 Å². The molecule has 0 bridgehead atoms. The van der Waals surface area contributed by atoms with Crippen molar-refractivity contribution in [1.29, 1.82) is 0 Å². The van der Waals surface area contributed by atoms with Gasteiger partial charge in [0.2, 0.25) is 0 Å². The van der Waals surface area contributed by atoms with Crippen molar-refractivity contribution >= 4 is 22.7 Å². The van der Waals surface area contributed by atoms with Gasteiger partial charge in [-0.1, -0.05) is 116 Å². The summed E-state index contributed by atoms with van der Waals surface area (Å²) in [5.41, 5.74) is 12.1. The van der Waals surface area contributed by atoms with Crippen LogP contribution in [0.1, 0.15) is 107 Å². The van der Waals surface area contributed by atoms with Crippen LogP contribution in [0.2, 0.25) is 0 Å². The molecule has 0 amide bonds. The molecule has 5 aromatic carbocycles. The standard InChI is InChI=1S/C46H48N2O2.CH3.Pt/c1-27(2)35-15-11-16-36(28(3)4)44(35)32-21-22-39(42(49)24-32)40-19-10-14-34(48-40)26-47-41-20-9-13-31-23-33(25-43(50)46(31)41)45-37(29(5)6)17-12-18-38(45)30(7)8;;/h9-30,49-50H,1-8H3;1H3;/q;-1;. The summed E-state index contributed by atoms with van der Waals surface area (Å²) in [5.74, 6) is 1.79. The Morgan fingerprint density at radius 2 is 1.06 bits per heavy atom. The Kier molecular flexibility index (Phi) is 13.1. The number of fused-ring (bicyclic) bond motifs is 1. The fourth-order valence-electron chi connectivity index (χ4n) is 7.12. The van der Waals surface area contributed by atoms with E-state index in [4.69, 9.17) is 9.98 Å². The molecule has 5 heteroatoms. The van der Waals surface area contributed by atoms with Gasteiger partial charge in [0.15, 0.2) is 0 Å². The molecule has 52 heavy (non-hydrogen) atoms. The molecule has 0 saturated heterocycles. The molecule has 0 spiro atoms. The van der Waals surface area contributed by atoms with Crippen LogP contribution in [0.25, 0.3) is 44.3 Å². The SMILES string of the molecule is CC(C)c1cccc(C(C)C)c1-c1ccc(-c2cccc(C=Nc3cccc4cc(-c5c(C(C)C)cccc5C(C)C)cc(O)c34)n2)c(O)c1.[CH3-].[Pt]. The van der Waals surface area contributed by atoms with E-state index in [1.165, 1.54) is 33.4 Å². The Balaban J connectivity index is 0.00000302. The summed E-state index contributed by atoms with van der Waals surface area (Å²) in [6.45, 7) is 17.7. The number of hydrogen-bond acceptors (Lipinski definition) is 4. The Hall–Kier alpha value is -4.53. The second kappa shape index (κ2) is 16.9. The minimum atomic E-state index is 0. The van der Waals surface area contributed by atoms with Crippen LogP contribution in [0.15, 0.2) is 108 Å². The van der Waals surface area contributed by atoms with Crippen molar-refractivity contribution in [3.05, 3.63) is 139 Å². The second-order valence-corrected chi connectivity index (χ2v) is 14.6. The topological polar surface area (TPSA) is 65.7 Å². The number of phenols is 2. The van der Waals surface area contributed by atoms with Gasteiger partial charge >= 0.3 is 0 Å². The molecule has 0 aliphatic rings. The van der Waals surface area contributed by atoms with E-state index in [1.54, 1.807) is 6.21 Å². The largest absolute Gasteiger partial charge is 0.507 e. The van der Waals surface area contributed by atoms with E-state index in [-0.39, 0.29) is 40.0 Å². The number of hydrogen-bond donors (Lipinski definition) is 2. The number of aromatic hydroxyl groups is 2. The normalized spacial score (nSPS) is 11.5. The summed E-state index contributed by atoms with van der Waals surface area (Å²) in [6, 6.07) is 34.6. The van der Waals surface area contributed by atoms with Gasteiger partial charge in [-0.3, -0.25) is 4.99 Å². The predicted octanol–water partition coefficient (Wildman–Crippen LogP) is 13.3. The molecule has 6 rings (SSSR count). The summed E-state index contributed by atoms with van der Waals surface area (Å²) in [4.78, 5) is 9.66. The molecular weight excluding hydrogens is 820 g/mol. The average Bonchev–Trinajstić information content (AvgIpc) is 3.09. The van der Waals surface area contributed by atoms with E-state index in [0.717, 1.165) is 16.5 Å². The van der Waals surface area contributed by atoms with Crippen molar-refractivity contribution in [2.75, 3.05) is 0 Å². The number of aromatic nitrogens is 1. The third-order valence-electron chi connectivity index (χ3n) is 9.64. The molecule has 0 aliphatic heterocycles. The minimum absolute atomic E-state index is 0. The first-order valence-electron chi connectivity index (χ1n) is 17.8. The van der Waals surface area contributed by atoms with Gasteiger partial charge < -0.3 is 17.6 Å². The van der Waals surface area contributed by atoms with E-state index in [0.29, 0.717) is 51.7 Å². The van der Waals surface area contributed by atoms with Crippen LogP contribution < -0.4 is 0 Å². The Labute approximate surface area is 325 Å². The Morgan fingerprint density at radius 3 is 1.60 bits per heavy atom. The zero-order valence-electron chi connectivity index (χ0n) is 31.8. The predicted molar refractivity (Wildman–Crippen MR) is 218 cm³/mol. The summed E-state index contributed by atoms with van der Waals surface area (Å²) in [6.07, 6.45) is 1.72. The monoisotopic (exact) mass is 870 g/mol. The number of nitrogens with zero attached hydrogens (tertiary/aromatic N) is 2. The van der Waals surface area contributed by atoms with Crippen molar-refractivity contribution in [3.8, 4) is 45.0 Å². The van der Waals surface area contributed by atoms with E-state index in [9.17, 15) is 10.2 Å². The Morgan fingerprint density at radius 1 is 0.558 bits per heavy atom. The molecule has 0 aliphatic carbocycles. The van der Waals surface area contributed by atoms with Gasteiger partial charge in [0.25, 0.3) is 0 Å². The zero-order valence-corrected chi connectivity index (χ0v) is 34.1. The molecule has 0 unspecified atom stereocenters. The van der Waals surface area contributed by atoms with Gasteiger partial charge in [-0.25, -0.2) is 4.98 Å². The van der Waals surface area contributed by atoms with E-state index in [2.05, 4.69) is 104 Å². The number of rotatable bonds is 9. The van der Waals surface area contributed by atoms with Crippen LogP contribution in [0.4, 0.5) is 5.69 Å². The molecule has 1 aromatic heterocycles. The first-order chi connectivity index (χ1) is 23.9. The fraction of sp³-hybridized carbons (Fsp3) is 0.255. The smallest absolute Gasteiger partial charge is 0.126 e. The summed E-state index contributed by atoms with van der Waals surface area (Å²) < 4.78 is 0. The molecule has 4 nitrogen and oxygen atoms in total. The zero-order chi connectivity index (χ0) is 35.7. The van der Waals surface area contributed by atoms with Gasteiger partial charge in [0.1, 0.15) is 11.5 Å². The first kappa shape index (κ1) is 40.2. The third kappa shape index (κ3) is 8.08. The second-order valence-electron chi connectivity index (χ2n) is 14.6. The van der Waals surface area contributed by atoms with Gasteiger partial charge in [-0.05, 0) is 116 Å². The van der Waals surface area contributed by atoms with Crippen molar-refractivity contribution in [1.82, 2.24) is 4.98 Å². The molecule has 0 atom stereocenters. The molecule has 0 saturated carbocycles. The first-order valence-corrected chi connectivity index (χ1v) is 17.8. The molecule has 0 radical (unpaired) electrons. The average molecular weight is 871 g/mol. The summed E-state index contributed by atoms with van der Waals surface area (Å²) >= 11 is 0. The maximum absolute atomic E-state index is 11.5. The quantitative estimate of drug-likeness (QED) is 0.112. The van der Waals surface area contributed by atoms with Crippen LogP contribution >= 0.6 is 0 Å². The summed E-state index contributed by atoms with van der Waals surface area (Å²) in [7, 11) is 0. The Bertz CT molecular complexity index is 2160. The van der Waals surface area contributed by atoms with E-state index < -0.39 is 0 Å². The van der Waals surface area contributed by atoms with Crippen molar-refractivity contribution in [2.45, 2.75) is 79.1 Å². The van der Waals surface area contributed by atoms with Crippen LogP contribution in [-0.4, -0.2) is 21.4 Å². The van der Waals surface area contributed by atoms with Crippen molar-refractivity contribution in [3.63, 3.8) is 0 Å². The van der Waals surface area contributed by atoms with E-state index in [1.807, 2.05) is 54.6 Å². The van der Waals surface area contributed by atoms with Crippen molar-refractivity contribution in [2.24, 2.45) is 4.99 Å². The van der Waals surface area contributed by atoms with Gasteiger partial charge in [-0.15, -0.1) is 0 Å². The molecular formula is C47H51N2O2Pt-. The number of pyridine rings is 1. The third-order valence-corrected chi connectivity index (χ3v) is 9.64. The van der Waals surface area contributed by atoms with Crippen molar-refractivity contribution < 1.29 is 31.3 Å². The van der Waals surface area contributed by atoms with Gasteiger partial charge in [0, 0.05) is 32.0 Å². The molecule has 272 valence electrons. The number of benzene rings is 5. The van der Waals surface area contributed by atoms with E-state index >= 15 is 0 Å². The van der Waals surface area contributed by atoms with Crippen LogP contribution in [0.3, 0.4) is 0 Å². The van der Waals surface area contributed by atoms with Crippen LogP contribution in [0, 0.1) is 7.43 Å².